The second kappa shape index (κ2) is 6.12. The lowest BCUT2D eigenvalue weighted by atomic mass is 9.86. The van der Waals surface area contributed by atoms with E-state index in [9.17, 15) is 19.8 Å². The molecule has 0 aliphatic heterocycles. The van der Waals surface area contributed by atoms with Crippen molar-refractivity contribution in [2.45, 2.75) is 45.4 Å². The Morgan fingerprint density at radius 3 is 2.35 bits per heavy atom. The second-order valence-electron chi connectivity index (χ2n) is 6.71. The van der Waals surface area contributed by atoms with Crippen LogP contribution in [0.3, 0.4) is 0 Å². The van der Waals surface area contributed by atoms with E-state index in [2.05, 4.69) is 5.32 Å². The fraction of sp³-hybridized carbons (Fsp3) is 0.867. The van der Waals surface area contributed by atoms with Gasteiger partial charge in [-0.1, -0.05) is 19.8 Å². The maximum Gasteiger partial charge on any atom is 0.307 e. The zero-order valence-corrected chi connectivity index (χ0v) is 12.1. The Kier molecular flexibility index (Phi) is 4.68. The number of aliphatic carboxylic acids is 1. The molecule has 2 aliphatic carbocycles. The molecule has 0 radical (unpaired) electrons. The van der Waals surface area contributed by atoms with Crippen LogP contribution in [0.15, 0.2) is 0 Å². The zero-order chi connectivity index (χ0) is 14.8. The molecule has 0 spiro atoms. The molecule has 3 N–H and O–H groups in total. The van der Waals surface area contributed by atoms with Gasteiger partial charge in [0.1, 0.15) is 0 Å². The summed E-state index contributed by atoms with van der Waals surface area (Å²) in [4.78, 5) is 23.5. The van der Waals surface area contributed by atoms with E-state index in [0.717, 1.165) is 25.7 Å². The number of hydrogen-bond acceptors (Lipinski definition) is 3. The number of carbonyl (C=O) groups excluding carboxylic acids is 1. The summed E-state index contributed by atoms with van der Waals surface area (Å²) in [5.41, 5.74) is -0.182. The highest BCUT2D eigenvalue weighted by molar-refractivity contribution is 5.85. The van der Waals surface area contributed by atoms with Gasteiger partial charge < -0.3 is 15.5 Å². The quantitative estimate of drug-likeness (QED) is 0.712. The van der Waals surface area contributed by atoms with E-state index >= 15 is 0 Å². The van der Waals surface area contributed by atoms with Crippen LogP contribution in [0.25, 0.3) is 0 Å². The van der Waals surface area contributed by atoms with E-state index in [1.807, 2.05) is 6.92 Å². The summed E-state index contributed by atoms with van der Waals surface area (Å²) in [5.74, 6) is -1.71. The monoisotopic (exact) mass is 283 g/mol. The zero-order valence-electron chi connectivity index (χ0n) is 12.1. The van der Waals surface area contributed by atoms with Crippen LogP contribution in [0, 0.1) is 23.2 Å². The Hall–Kier alpha value is -1.10. The number of aliphatic hydroxyl groups excluding tert-OH is 1. The summed E-state index contributed by atoms with van der Waals surface area (Å²) < 4.78 is 0. The average Bonchev–Trinajstić information content (AvgIpc) is 3.03. The molecule has 2 saturated carbocycles. The summed E-state index contributed by atoms with van der Waals surface area (Å²) in [6.45, 7) is 2.56. The van der Waals surface area contributed by atoms with Crippen LogP contribution in [0.4, 0.5) is 0 Å². The minimum atomic E-state index is -0.868. The number of carboxylic acid groups (broad SMARTS) is 1. The van der Waals surface area contributed by atoms with Crippen molar-refractivity contribution in [1.29, 1.82) is 0 Å². The molecule has 114 valence electrons. The van der Waals surface area contributed by atoms with Crippen molar-refractivity contribution in [3.8, 4) is 0 Å². The molecule has 2 rings (SSSR count). The van der Waals surface area contributed by atoms with Gasteiger partial charge in [0.25, 0.3) is 0 Å². The number of carbonyl (C=O) groups is 2. The molecule has 0 aromatic rings. The van der Waals surface area contributed by atoms with Crippen molar-refractivity contribution in [1.82, 2.24) is 5.32 Å². The molecular weight excluding hydrogens is 258 g/mol. The molecule has 1 amide bonds. The van der Waals surface area contributed by atoms with Gasteiger partial charge in [0.2, 0.25) is 5.91 Å². The van der Waals surface area contributed by atoms with Crippen molar-refractivity contribution in [2.75, 3.05) is 13.2 Å². The lowest BCUT2D eigenvalue weighted by Gasteiger charge is -2.27. The number of aliphatic hydroxyl groups is 1. The summed E-state index contributed by atoms with van der Waals surface area (Å²) in [5, 5.41) is 21.6. The van der Waals surface area contributed by atoms with Crippen molar-refractivity contribution in [2.24, 2.45) is 23.2 Å². The summed E-state index contributed by atoms with van der Waals surface area (Å²) in [6.07, 6.45) is 5.29. The first-order valence-electron chi connectivity index (χ1n) is 7.59. The molecule has 2 fully saturated rings. The molecule has 0 saturated heterocycles. The lowest BCUT2D eigenvalue weighted by Crippen LogP contribution is -2.42. The predicted molar refractivity (Wildman–Crippen MR) is 74.0 cm³/mol. The number of rotatable bonds is 5. The summed E-state index contributed by atoms with van der Waals surface area (Å²) in [6, 6.07) is 0. The van der Waals surface area contributed by atoms with Crippen LogP contribution in [0.1, 0.15) is 45.4 Å². The number of carboxylic acids is 1. The molecule has 1 unspecified atom stereocenters. The van der Waals surface area contributed by atoms with Gasteiger partial charge in [0, 0.05) is 12.0 Å². The van der Waals surface area contributed by atoms with E-state index in [1.54, 1.807) is 0 Å². The lowest BCUT2D eigenvalue weighted by molar-refractivity contribution is -0.146. The molecular formula is C15H25NO4. The van der Waals surface area contributed by atoms with Crippen LogP contribution in [0.5, 0.6) is 0 Å². The summed E-state index contributed by atoms with van der Waals surface area (Å²) >= 11 is 0. The number of hydrogen-bond donors (Lipinski definition) is 3. The van der Waals surface area contributed by atoms with E-state index in [1.165, 1.54) is 0 Å². The molecule has 0 heterocycles. The van der Waals surface area contributed by atoms with Crippen molar-refractivity contribution in [3.05, 3.63) is 0 Å². The molecule has 5 heteroatoms. The highest BCUT2D eigenvalue weighted by Gasteiger charge is 2.42. The van der Waals surface area contributed by atoms with E-state index < -0.39 is 17.8 Å². The van der Waals surface area contributed by atoms with Gasteiger partial charge in [-0.2, -0.15) is 0 Å². The fourth-order valence-corrected chi connectivity index (χ4v) is 3.78. The van der Waals surface area contributed by atoms with Gasteiger partial charge in [-0.05, 0) is 31.6 Å². The molecule has 5 nitrogen and oxygen atoms in total. The Bertz CT molecular complexity index is 376. The molecule has 0 aromatic carbocycles. The third kappa shape index (κ3) is 3.14. The van der Waals surface area contributed by atoms with Crippen LogP contribution in [-0.2, 0) is 9.59 Å². The highest BCUT2D eigenvalue weighted by atomic mass is 16.4. The van der Waals surface area contributed by atoms with Crippen molar-refractivity contribution in [3.63, 3.8) is 0 Å². The maximum atomic E-state index is 12.3. The van der Waals surface area contributed by atoms with E-state index in [-0.39, 0.29) is 23.8 Å². The first kappa shape index (κ1) is 15.3. The summed E-state index contributed by atoms with van der Waals surface area (Å²) in [7, 11) is 0. The van der Waals surface area contributed by atoms with Crippen LogP contribution in [0.2, 0.25) is 0 Å². The van der Waals surface area contributed by atoms with Crippen LogP contribution >= 0.6 is 0 Å². The van der Waals surface area contributed by atoms with E-state index in [4.69, 9.17) is 0 Å². The molecule has 3 atom stereocenters. The van der Waals surface area contributed by atoms with Gasteiger partial charge in [0.05, 0.1) is 18.4 Å². The second-order valence-corrected chi connectivity index (χ2v) is 6.71. The van der Waals surface area contributed by atoms with Gasteiger partial charge in [-0.3, -0.25) is 9.59 Å². The molecule has 20 heavy (non-hydrogen) atoms. The number of amides is 1. The maximum absolute atomic E-state index is 12.3. The topological polar surface area (TPSA) is 86.6 Å². The standard InChI is InChI=1S/C15H25NO4/c1-10-6-11(12(7-10)14(19)20)13(18)16-8-15(9-17)4-2-3-5-15/h10-12,17H,2-9H2,1H3,(H,16,18)(H,19,20)/t10?,11-,12+/m0/s1. The first-order chi connectivity index (χ1) is 9.47. The Morgan fingerprint density at radius 2 is 1.80 bits per heavy atom. The Labute approximate surface area is 119 Å². The minimum absolute atomic E-state index is 0.0940. The molecule has 0 aromatic heterocycles. The van der Waals surface area contributed by atoms with Crippen molar-refractivity contribution < 1.29 is 19.8 Å². The third-order valence-electron chi connectivity index (χ3n) is 5.09. The molecule has 0 bridgehead atoms. The predicted octanol–water partition coefficient (Wildman–Crippen LogP) is 1.40. The van der Waals surface area contributed by atoms with Crippen molar-refractivity contribution >= 4 is 11.9 Å². The smallest absolute Gasteiger partial charge is 0.307 e. The SMILES string of the molecule is CC1C[C@H](C(=O)NCC2(CO)CCCC2)[C@H](C(=O)O)C1. The average molecular weight is 283 g/mol. The highest BCUT2D eigenvalue weighted by Crippen LogP contribution is 2.38. The van der Waals surface area contributed by atoms with Gasteiger partial charge in [-0.15, -0.1) is 0 Å². The first-order valence-corrected chi connectivity index (χ1v) is 7.59. The normalized spacial score (nSPS) is 32.2. The minimum Gasteiger partial charge on any atom is -0.481 e. The van der Waals surface area contributed by atoms with Gasteiger partial charge >= 0.3 is 5.97 Å². The van der Waals surface area contributed by atoms with E-state index in [0.29, 0.717) is 19.4 Å². The molecule has 2 aliphatic rings. The number of nitrogens with one attached hydrogen (secondary N) is 1. The Balaban J connectivity index is 1.92. The third-order valence-corrected chi connectivity index (χ3v) is 5.09. The van der Waals surface area contributed by atoms with Gasteiger partial charge in [-0.25, -0.2) is 0 Å². The van der Waals surface area contributed by atoms with Crippen LogP contribution < -0.4 is 5.32 Å². The van der Waals surface area contributed by atoms with Crippen LogP contribution in [-0.4, -0.2) is 35.2 Å². The fourth-order valence-electron chi connectivity index (χ4n) is 3.78. The largest absolute Gasteiger partial charge is 0.481 e. The van der Waals surface area contributed by atoms with Gasteiger partial charge in [0.15, 0.2) is 0 Å². The Morgan fingerprint density at radius 1 is 1.20 bits per heavy atom.